The number of halogens is 2. The molecule has 0 radical (unpaired) electrons. The monoisotopic (exact) mass is 509 g/mol. The molecule has 3 aromatic rings. The van der Waals surface area contributed by atoms with Gasteiger partial charge in [0.2, 0.25) is 0 Å². The Labute approximate surface area is 188 Å². The van der Waals surface area contributed by atoms with Gasteiger partial charge < -0.3 is 5.32 Å². The lowest BCUT2D eigenvalue weighted by Gasteiger charge is -2.18. The molecule has 3 aromatic carbocycles. The van der Waals surface area contributed by atoms with Crippen molar-refractivity contribution < 1.29 is 4.79 Å². The highest BCUT2D eigenvalue weighted by molar-refractivity contribution is 9.13. The lowest BCUT2D eigenvalue weighted by molar-refractivity contribution is 0.102. The molecule has 1 N–H and O–H groups in total. The van der Waals surface area contributed by atoms with Crippen LogP contribution in [0, 0.1) is 6.92 Å². The number of anilines is 1. The third-order valence-electron chi connectivity index (χ3n) is 5.30. The Hall–Kier alpha value is -2.17. The van der Waals surface area contributed by atoms with Gasteiger partial charge in [-0.3, -0.25) is 4.79 Å². The number of amides is 1. The number of benzene rings is 3. The van der Waals surface area contributed by atoms with E-state index in [9.17, 15) is 4.79 Å². The summed E-state index contributed by atoms with van der Waals surface area (Å²) in [5.41, 5.74) is 7.90. The molecule has 1 aliphatic rings. The Morgan fingerprint density at radius 3 is 2.45 bits per heavy atom. The normalized spacial score (nSPS) is 12.9. The largest absolute Gasteiger partial charge is 0.322 e. The Morgan fingerprint density at radius 1 is 0.966 bits per heavy atom. The minimum absolute atomic E-state index is 0.0768. The van der Waals surface area contributed by atoms with Crippen molar-refractivity contribution >= 4 is 49.5 Å². The number of carbonyl (C=O) groups excluding carboxylic acids is 1. The van der Waals surface area contributed by atoms with E-state index in [1.807, 2.05) is 43.3 Å². The van der Waals surface area contributed by atoms with Gasteiger partial charge in [-0.2, -0.15) is 0 Å². The molecule has 4 heteroatoms. The Kier molecular flexibility index (Phi) is 6.02. The Morgan fingerprint density at radius 2 is 1.69 bits per heavy atom. The minimum Gasteiger partial charge on any atom is -0.322 e. The molecule has 0 spiro atoms. The molecule has 4 rings (SSSR count). The van der Waals surface area contributed by atoms with Gasteiger partial charge in [0, 0.05) is 20.2 Å². The van der Waals surface area contributed by atoms with Crippen molar-refractivity contribution in [1.29, 1.82) is 0 Å². The molecule has 2 nitrogen and oxygen atoms in total. The molecular weight excluding hydrogens is 490 g/mol. The number of fused-ring (bicyclic) bond motifs is 1. The average Bonchev–Trinajstić information content (AvgIpc) is 2.71. The molecule has 0 bridgehead atoms. The van der Waals surface area contributed by atoms with Crippen LogP contribution < -0.4 is 5.32 Å². The lowest BCUT2D eigenvalue weighted by atomic mass is 9.89. The van der Waals surface area contributed by atoms with E-state index in [0.717, 1.165) is 39.5 Å². The van der Waals surface area contributed by atoms with Crippen molar-refractivity contribution in [2.45, 2.75) is 26.2 Å². The van der Waals surface area contributed by atoms with E-state index in [-0.39, 0.29) is 5.91 Å². The summed E-state index contributed by atoms with van der Waals surface area (Å²) in [6.45, 7) is 1.99. The van der Waals surface area contributed by atoms with Gasteiger partial charge in [0.1, 0.15) is 0 Å². The maximum absolute atomic E-state index is 12.5. The molecule has 29 heavy (non-hydrogen) atoms. The summed E-state index contributed by atoms with van der Waals surface area (Å²) in [5, 5.41) is 2.99. The van der Waals surface area contributed by atoms with Crippen molar-refractivity contribution in [2.24, 2.45) is 0 Å². The first-order chi connectivity index (χ1) is 14.0. The number of para-hydroxylation sites is 1. The predicted molar refractivity (Wildman–Crippen MR) is 127 cm³/mol. The molecule has 0 fully saturated rings. The molecule has 146 valence electrons. The summed E-state index contributed by atoms with van der Waals surface area (Å²) in [4.78, 5) is 12.5. The molecule has 0 unspecified atom stereocenters. The summed E-state index contributed by atoms with van der Waals surface area (Å²) >= 11 is 7.18. The van der Waals surface area contributed by atoms with Gasteiger partial charge in [0.25, 0.3) is 5.91 Å². The van der Waals surface area contributed by atoms with Crippen LogP contribution in [0.5, 0.6) is 0 Å². The highest BCUT2D eigenvalue weighted by Crippen LogP contribution is 2.33. The zero-order valence-corrected chi connectivity index (χ0v) is 19.3. The van der Waals surface area contributed by atoms with Crippen LogP contribution in [0.2, 0.25) is 0 Å². The van der Waals surface area contributed by atoms with E-state index in [1.165, 1.54) is 22.3 Å². The SMILES string of the molecule is Cc1ccccc1NC(=O)c1ccc(CC2=Cc3cc(Br)c(Br)cc3CC2)cc1. The smallest absolute Gasteiger partial charge is 0.255 e. The fourth-order valence-electron chi connectivity index (χ4n) is 3.62. The van der Waals surface area contributed by atoms with Crippen molar-refractivity contribution in [3.8, 4) is 0 Å². The van der Waals surface area contributed by atoms with Crippen LogP contribution in [-0.4, -0.2) is 5.91 Å². The lowest BCUT2D eigenvalue weighted by Crippen LogP contribution is -2.12. The van der Waals surface area contributed by atoms with Gasteiger partial charge in [0.05, 0.1) is 0 Å². The summed E-state index contributed by atoms with van der Waals surface area (Å²) in [7, 11) is 0. The molecule has 0 atom stereocenters. The van der Waals surface area contributed by atoms with Crippen molar-refractivity contribution in [3.05, 3.63) is 103 Å². The van der Waals surface area contributed by atoms with E-state index in [2.05, 4.69) is 67.5 Å². The van der Waals surface area contributed by atoms with Crippen molar-refractivity contribution in [1.82, 2.24) is 0 Å². The van der Waals surface area contributed by atoms with E-state index in [4.69, 9.17) is 0 Å². The number of nitrogens with one attached hydrogen (secondary N) is 1. The molecule has 0 heterocycles. The first-order valence-corrected chi connectivity index (χ1v) is 11.2. The number of aryl methyl sites for hydroxylation is 2. The van der Waals surface area contributed by atoms with Gasteiger partial charge in [0.15, 0.2) is 0 Å². The van der Waals surface area contributed by atoms with Gasteiger partial charge >= 0.3 is 0 Å². The van der Waals surface area contributed by atoms with Crippen LogP contribution in [-0.2, 0) is 12.8 Å². The van der Waals surface area contributed by atoms with Crippen LogP contribution >= 0.6 is 31.9 Å². The summed E-state index contributed by atoms with van der Waals surface area (Å²) in [6.07, 6.45) is 5.34. The van der Waals surface area contributed by atoms with Crippen molar-refractivity contribution in [2.75, 3.05) is 5.32 Å². The summed E-state index contributed by atoms with van der Waals surface area (Å²) < 4.78 is 2.19. The number of hydrogen-bond donors (Lipinski definition) is 1. The molecule has 1 amide bonds. The van der Waals surface area contributed by atoms with E-state index < -0.39 is 0 Å². The standard InChI is InChI=1S/C25H21Br2NO/c1-16-4-2-3-5-24(16)28-25(29)19-9-6-17(7-10-19)12-18-8-11-20-14-22(26)23(27)15-21(20)13-18/h2-7,9-10,13-15H,8,11-12H2,1H3,(H,28,29). The second-order valence-corrected chi connectivity index (χ2v) is 9.12. The number of hydrogen-bond acceptors (Lipinski definition) is 1. The third kappa shape index (κ3) is 4.71. The Bertz CT molecular complexity index is 1100. The molecular formula is C25H21Br2NO. The predicted octanol–water partition coefficient (Wildman–Crippen LogP) is 7.34. The second kappa shape index (κ2) is 8.68. The fourth-order valence-corrected chi connectivity index (χ4v) is 4.38. The zero-order valence-electron chi connectivity index (χ0n) is 16.1. The van der Waals surface area contributed by atoms with E-state index in [0.29, 0.717) is 5.56 Å². The summed E-state index contributed by atoms with van der Waals surface area (Å²) in [5.74, 6) is -0.0768. The molecule has 1 aliphatic carbocycles. The average molecular weight is 511 g/mol. The molecule has 0 aromatic heterocycles. The van der Waals surface area contributed by atoms with Crippen LogP contribution in [0.15, 0.2) is 75.2 Å². The highest BCUT2D eigenvalue weighted by atomic mass is 79.9. The first kappa shape index (κ1) is 20.1. The van der Waals surface area contributed by atoms with E-state index >= 15 is 0 Å². The number of rotatable bonds is 4. The second-order valence-electron chi connectivity index (χ2n) is 7.41. The van der Waals surface area contributed by atoms with Crippen LogP contribution in [0.25, 0.3) is 6.08 Å². The first-order valence-electron chi connectivity index (χ1n) is 9.63. The van der Waals surface area contributed by atoms with Gasteiger partial charge in [-0.15, -0.1) is 0 Å². The number of allylic oxidation sites excluding steroid dienone is 1. The van der Waals surface area contributed by atoms with Gasteiger partial charge in [-0.05, 0) is 111 Å². The van der Waals surface area contributed by atoms with Crippen LogP contribution in [0.3, 0.4) is 0 Å². The number of carbonyl (C=O) groups is 1. The van der Waals surface area contributed by atoms with Gasteiger partial charge in [-0.1, -0.05) is 42.0 Å². The maximum Gasteiger partial charge on any atom is 0.255 e. The Balaban J connectivity index is 1.46. The molecule has 0 aliphatic heterocycles. The highest BCUT2D eigenvalue weighted by Gasteiger charge is 2.14. The zero-order chi connectivity index (χ0) is 20.4. The quantitative estimate of drug-likeness (QED) is 0.390. The third-order valence-corrected chi connectivity index (χ3v) is 7.14. The van der Waals surface area contributed by atoms with Crippen LogP contribution in [0.4, 0.5) is 5.69 Å². The van der Waals surface area contributed by atoms with Gasteiger partial charge in [-0.25, -0.2) is 0 Å². The molecule has 0 saturated heterocycles. The van der Waals surface area contributed by atoms with E-state index in [1.54, 1.807) is 0 Å². The van der Waals surface area contributed by atoms with Crippen molar-refractivity contribution in [3.63, 3.8) is 0 Å². The minimum atomic E-state index is -0.0768. The molecule has 0 saturated carbocycles. The fraction of sp³-hybridized carbons (Fsp3) is 0.160. The topological polar surface area (TPSA) is 29.1 Å². The summed E-state index contributed by atoms with van der Waals surface area (Å²) in [6, 6.07) is 20.1. The maximum atomic E-state index is 12.5. The van der Waals surface area contributed by atoms with Crippen LogP contribution in [0.1, 0.15) is 39.0 Å².